The minimum atomic E-state index is -0.898. The van der Waals surface area contributed by atoms with Crippen molar-refractivity contribution in [2.75, 3.05) is 20.8 Å². The van der Waals surface area contributed by atoms with Crippen molar-refractivity contribution in [3.05, 3.63) is 86.7 Å². The maximum Gasteiger partial charge on any atom is 0.328 e. The van der Waals surface area contributed by atoms with Gasteiger partial charge in [0.15, 0.2) is 0 Å². The molecule has 0 aliphatic heterocycles. The number of carbonyl (C=O) groups excluding carboxylic acids is 2. The Morgan fingerprint density at radius 2 is 1.75 bits per heavy atom. The smallest absolute Gasteiger partial charge is 0.328 e. The fraction of sp³-hybridized carbons (Fsp3) is 0.296. The van der Waals surface area contributed by atoms with E-state index in [9.17, 15) is 9.59 Å². The quantitative estimate of drug-likeness (QED) is 0.357. The van der Waals surface area contributed by atoms with Gasteiger partial charge in [-0.1, -0.05) is 53.6 Å². The van der Waals surface area contributed by atoms with Crippen LogP contribution in [0.2, 0.25) is 10.0 Å². The van der Waals surface area contributed by atoms with Crippen LogP contribution in [0.5, 0.6) is 0 Å². The van der Waals surface area contributed by atoms with Crippen LogP contribution in [0.3, 0.4) is 0 Å². The zero-order valence-electron chi connectivity index (χ0n) is 20.7. The van der Waals surface area contributed by atoms with E-state index >= 15 is 0 Å². The number of nitrogens with one attached hydrogen (secondary N) is 1. The molecule has 1 unspecified atom stereocenters. The Hall–Kier alpha value is -3.13. The van der Waals surface area contributed by atoms with Gasteiger partial charge < -0.3 is 14.8 Å². The molecule has 0 saturated carbocycles. The summed E-state index contributed by atoms with van der Waals surface area (Å²) in [5, 5.41) is 7.73. The normalized spacial score (nSPS) is 12.1. The summed E-state index contributed by atoms with van der Waals surface area (Å²) < 4.78 is 12.0. The fourth-order valence-electron chi connectivity index (χ4n) is 3.86. The summed E-state index contributed by atoms with van der Waals surface area (Å²) in [6.07, 6.45) is 4.72. The van der Waals surface area contributed by atoms with Crippen molar-refractivity contribution in [1.82, 2.24) is 15.1 Å². The predicted molar refractivity (Wildman–Crippen MR) is 142 cm³/mol. The van der Waals surface area contributed by atoms with Gasteiger partial charge in [0.1, 0.15) is 6.04 Å². The third-order valence-corrected chi connectivity index (χ3v) is 6.43. The van der Waals surface area contributed by atoms with E-state index in [0.717, 1.165) is 29.1 Å². The SMILES string of the molecule is COCCc1c(C)nn(-c2ccc(/C=C/CC(NC(=O)c3c(Cl)cccc3Cl)C(=O)OC)cc2)c1C. The second kappa shape index (κ2) is 12.7. The largest absolute Gasteiger partial charge is 0.467 e. The van der Waals surface area contributed by atoms with Crippen molar-refractivity contribution in [2.24, 2.45) is 0 Å². The molecule has 0 spiro atoms. The number of hydrogen-bond acceptors (Lipinski definition) is 5. The fourth-order valence-corrected chi connectivity index (χ4v) is 4.43. The molecule has 0 saturated heterocycles. The standard InChI is InChI=1S/C27H29Cl2N3O4/c1-17-21(15-16-35-3)18(2)32(31-17)20-13-11-19(12-14-20)7-5-10-24(27(34)36-4)30-26(33)25-22(28)8-6-9-23(25)29/h5-9,11-14,24H,10,15-16H2,1-4H3,(H,30,33)/b7-5+. The molecular weight excluding hydrogens is 501 g/mol. The average molecular weight is 530 g/mol. The molecule has 7 nitrogen and oxygen atoms in total. The molecule has 3 aromatic rings. The number of nitrogens with zero attached hydrogens (tertiary/aromatic N) is 2. The van der Waals surface area contributed by atoms with E-state index in [1.54, 1.807) is 31.4 Å². The highest BCUT2D eigenvalue weighted by Gasteiger charge is 2.23. The van der Waals surface area contributed by atoms with Gasteiger partial charge in [-0.2, -0.15) is 5.10 Å². The lowest BCUT2D eigenvalue weighted by molar-refractivity contribution is -0.142. The van der Waals surface area contributed by atoms with Gasteiger partial charge in [-0.25, -0.2) is 9.48 Å². The molecule has 0 fully saturated rings. The molecule has 0 aliphatic rings. The van der Waals surface area contributed by atoms with E-state index in [0.29, 0.717) is 6.61 Å². The first-order valence-electron chi connectivity index (χ1n) is 11.4. The number of carbonyl (C=O) groups is 2. The molecule has 1 aromatic heterocycles. The van der Waals surface area contributed by atoms with Gasteiger partial charge in [-0.15, -0.1) is 0 Å². The van der Waals surface area contributed by atoms with Gasteiger partial charge >= 0.3 is 5.97 Å². The molecule has 0 radical (unpaired) electrons. The average Bonchev–Trinajstić information content (AvgIpc) is 3.14. The maximum absolute atomic E-state index is 12.7. The molecule has 36 heavy (non-hydrogen) atoms. The second-order valence-corrected chi connectivity index (χ2v) is 8.99. The Bertz CT molecular complexity index is 1230. The highest BCUT2D eigenvalue weighted by Crippen LogP contribution is 2.24. The Balaban J connectivity index is 1.70. The van der Waals surface area contributed by atoms with Crippen molar-refractivity contribution in [1.29, 1.82) is 0 Å². The van der Waals surface area contributed by atoms with Gasteiger partial charge in [0, 0.05) is 12.8 Å². The second-order valence-electron chi connectivity index (χ2n) is 8.18. The van der Waals surface area contributed by atoms with Crippen LogP contribution in [0, 0.1) is 13.8 Å². The molecule has 0 aliphatic carbocycles. The topological polar surface area (TPSA) is 82.5 Å². The predicted octanol–water partition coefficient (Wildman–Crippen LogP) is 5.36. The molecule has 1 atom stereocenters. The van der Waals surface area contributed by atoms with E-state index in [4.69, 9.17) is 32.7 Å². The summed E-state index contributed by atoms with van der Waals surface area (Å²) in [7, 11) is 2.96. The number of rotatable bonds is 10. The lowest BCUT2D eigenvalue weighted by atomic mass is 10.1. The van der Waals surface area contributed by atoms with E-state index in [-0.39, 0.29) is 22.0 Å². The van der Waals surface area contributed by atoms with Gasteiger partial charge in [0.25, 0.3) is 5.91 Å². The Morgan fingerprint density at radius 3 is 2.36 bits per heavy atom. The van der Waals surface area contributed by atoms with E-state index in [1.165, 1.54) is 12.7 Å². The van der Waals surface area contributed by atoms with E-state index in [2.05, 4.69) is 17.3 Å². The molecule has 1 heterocycles. The van der Waals surface area contributed by atoms with Crippen LogP contribution in [0.25, 0.3) is 11.8 Å². The number of methoxy groups -OCH3 is 2. The number of benzene rings is 2. The monoisotopic (exact) mass is 529 g/mol. The van der Waals surface area contributed by atoms with Crippen molar-refractivity contribution in [3.63, 3.8) is 0 Å². The van der Waals surface area contributed by atoms with Crippen molar-refractivity contribution in [2.45, 2.75) is 32.7 Å². The first-order valence-corrected chi connectivity index (χ1v) is 12.2. The Morgan fingerprint density at radius 1 is 1.08 bits per heavy atom. The molecular formula is C27H29Cl2N3O4. The first-order chi connectivity index (χ1) is 17.3. The van der Waals surface area contributed by atoms with E-state index in [1.807, 2.05) is 41.9 Å². The summed E-state index contributed by atoms with van der Waals surface area (Å²) in [5.74, 6) is -1.12. The zero-order chi connectivity index (χ0) is 26.2. The van der Waals surface area contributed by atoms with Gasteiger partial charge in [-0.3, -0.25) is 4.79 Å². The lowest BCUT2D eigenvalue weighted by Crippen LogP contribution is -2.41. The summed E-state index contributed by atoms with van der Waals surface area (Å²) in [6, 6.07) is 11.8. The van der Waals surface area contributed by atoms with Crippen LogP contribution in [0.4, 0.5) is 0 Å². The summed E-state index contributed by atoms with van der Waals surface area (Å²) in [6.45, 7) is 4.70. The highest BCUT2D eigenvalue weighted by molar-refractivity contribution is 6.39. The summed E-state index contributed by atoms with van der Waals surface area (Å²) >= 11 is 12.2. The maximum atomic E-state index is 12.7. The molecule has 3 rings (SSSR count). The zero-order valence-corrected chi connectivity index (χ0v) is 22.2. The van der Waals surface area contributed by atoms with Crippen LogP contribution >= 0.6 is 23.2 Å². The number of ether oxygens (including phenoxy) is 2. The van der Waals surface area contributed by atoms with Crippen molar-refractivity contribution < 1.29 is 19.1 Å². The lowest BCUT2D eigenvalue weighted by Gasteiger charge is -2.16. The molecule has 2 aromatic carbocycles. The van der Waals surface area contributed by atoms with Gasteiger partial charge in [-0.05, 0) is 62.1 Å². The van der Waals surface area contributed by atoms with Crippen LogP contribution < -0.4 is 5.32 Å². The number of halogens is 2. The van der Waals surface area contributed by atoms with Crippen LogP contribution in [-0.4, -0.2) is 48.5 Å². The van der Waals surface area contributed by atoms with E-state index < -0.39 is 17.9 Å². The summed E-state index contributed by atoms with van der Waals surface area (Å²) in [4.78, 5) is 25.0. The Kier molecular flexibility index (Phi) is 9.70. The van der Waals surface area contributed by atoms with Gasteiger partial charge in [0.05, 0.1) is 40.7 Å². The highest BCUT2D eigenvalue weighted by atomic mass is 35.5. The molecule has 1 amide bonds. The van der Waals surface area contributed by atoms with Crippen LogP contribution in [0.15, 0.2) is 48.5 Å². The molecule has 1 N–H and O–H groups in total. The number of aromatic nitrogens is 2. The minimum absolute atomic E-state index is 0.115. The molecule has 190 valence electrons. The molecule has 0 bridgehead atoms. The molecule has 9 heteroatoms. The van der Waals surface area contributed by atoms with Crippen LogP contribution in [-0.2, 0) is 20.7 Å². The third kappa shape index (κ3) is 6.55. The minimum Gasteiger partial charge on any atom is -0.467 e. The third-order valence-electron chi connectivity index (χ3n) is 5.80. The first kappa shape index (κ1) is 27.5. The Labute approximate surface area is 221 Å². The number of amides is 1. The summed E-state index contributed by atoms with van der Waals surface area (Å²) in [5.41, 5.74) is 5.26. The van der Waals surface area contributed by atoms with Crippen molar-refractivity contribution >= 4 is 41.2 Å². The van der Waals surface area contributed by atoms with Crippen LogP contribution in [0.1, 0.15) is 39.3 Å². The number of esters is 1. The number of hydrogen-bond donors (Lipinski definition) is 1. The number of aryl methyl sites for hydroxylation is 1. The van der Waals surface area contributed by atoms with Crippen molar-refractivity contribution in [3.8, 4) is 5.69 Å². The van der Waals surface area contributed by atoms with Gasteiger partial charge in [0.2, 0.25) is 0 Å².